The van der Waals surface area contributed by atoms with E-state index >= 15 is 4.39 Å². The number of ether oxygens (including phenoxy) is 3. The van der Waals surface area contributed by atoms with Crippen molar-refractivity contribution in [3.05, 3.63) is 106 Å². The maximum absolute atomic E-state index is 15.1. The van der Waals surface area contributed by atoms with Gasteiger partial charge in [0.25, 0.3) is 5.88 Å². The molecule has 0 amide bonds. The number of nitrogens with zero attached hydrogens (tertiary/aromatic N) is 3. The lowest BCUT2D eigenvalue weighted by Gasteiger charge is -2.12. The van der Waals surface area contributed by atoms with E-state index in [9.17, 15) is 14.0 Å². The van der Waals surface area contributed by atoms with Crippen LogP contribution in [0.15, 0.2) is 78.0 Å². The van der Waals surface area contributed by atoms with E-state index in [4.69, 9.17) is 14.2 Å². The molecule has 3 heterocycles. The quantitative estimate of drug-likeness (QED) is 0.238. The van der Waals surface area contributed by atoms with Gasteiger partial charge in [0.1, 0.15) is 11.3 Å². The van der Waals surface area contributed by atoms with Crippen molar-refractivity contribution in [1.29, 1.82) is 0 Å². The van der Waals surface area contributed by atoms with E-state index < -0.39 is 22.8 Å². The molecule has 0 fully saturated rings. The fourth-order valence-electron chi connectivity index (χ4n) is 4.26. The van der Waals surface area contributed by atoms with E-state index in [-0.39, 0.29) is 34.9 Å². The second-order valence-corrected chi connectivity index (χ2v) is 8.93. The Hall–Kier alpha value is -5.12. The number of carbonyl (C=O) groups is 1. The van der Waals surface area contributed by atoms with Gasteiger partial charge in [0, 0.05) is 49.8 Å². The number of halogens is 2. The molecule has 40 heavy (non-hydrogen) atoms. The van der Waals surface area contributed by atoms with Crippen LogP contribution < -0.4 is 19.6 Å². The zero-order valence-electron chi connectivity index (χ0n) is 21.8. The second kappa shape index (κ2) is 10.9. The number of hydrogen-bond donors (Lipinski definition) is 0. The van der Waals surface area contributed by atoms with Crippen LogP contribution in [0.3, 0.4) is 0 Å². The van der Waals surface area contributed by atoms with E-state index in [0.717, 1.165) is 0 Å². The summed E-state index contributed by atoms with van der Waals surface area (Å²) >= 11 is 0. The Labute approximate surface area is 227 Å². The summed E-state index contributed by atoms with van der Waals surface area (Å²) < 4.78 is 46.4. The predicted molar refractivity (Wildman–Crippen MR) is 144 cm³/mol. The van der Waals surface area contributed by atoms with Gasteiger partial charge in [-0.2, -0.15) is 0 Å². The lowest BCUT2D eigenvalue weighted by molar-refractivity contribution is 0.0991. The van der Waals surface area contributed by atoms with Crippen LogP contribution in [-0.4, -0.2) is 34.5 Å². The number of Topliss-reactive ketones (excluding diaryl/α,β-unsaturated/α-hetero) is 1. The summed E-state index contributed by atoms with van der Waals surface area (Å²) in [5, 5.41) is 0. The van der Waals surface area contributed by atoms with Crippen molar-refractivity contribution in [2.75, 3.05) is 14.2 Å². The van der Waals surface area contributed by atoms with Crippen molar-refractivity contribution in [1.82, 2.24) is 14.5 Å². The molecule has 3 aromatic heterocycles. The average molecular weight is 544 g/mol. The van der Waals surface area contributed by atoms with Crippen molar-refractivity contribution < 1.29 is 27.8 Å². The summed E-state index contributed by atoms with van der Waals surface area (Å²) in [4.78, 5) is 34.8. The summed E-state index contributed by atoms with van der Waals surface area (Å²) in [6.07, 6.45) is 4.28. The SMILES string of the molecule is COc1cc2nccc(Oc3ccc(CC(=O)c4cn(C)cc(-c5ccc(F)cc5)c4=O)cc3F)c2nc1OC. The molecule has 0 aliphatic rings. The number of carbonyl (C=O) groups excluding carboxylic acids is 1. The Balaban J connectivity index is 1.40. The zero-order chi connectivity index (χ0) is 28.4. The van der Waals surface area contributed by atoms with Gasteiger partial charge in [-0.3, -0.25) is 14.6 Å². The molecule has 0 atom stereocenters. The third-order valence-electron chi connectivity index (χ3n) is 6.21. The van der Waals surface area contributed by atoms with Crippen LogP contribution in [0.2, 0.25) is 0 Å². The smallest absolute Gasteiger partial charge is 0.257 e. The highest BCUT2D eigenvalue weighted by molar-refractivity contribution is 5.98. The average Bonchev–Trinajstić information content (AvgIpc) is 2.95. The fraction of sp³-hybridized carbons (Fsp3) is 0.133. The fourth-order valence-corrected chi connectivity index (χ4v) is 4.26. The van der Waals surface area contributed by atoms with Gasteiger partial charge in [-0.15, -0.1) is 0 Å². The van der Waals surface area contributed by atoms with Gasteiger partial charge in [0.15, 0.2) is 34.3 Å². The van der Waals surface area contributed by atoms with Gasteiger partial charge in [0.2, 0.25) is 0 Å². The minimum atomic E-state index is -0.705. The molecular weight excluding hydrogens is 520 g/mol. The molecule has 0 saturated heterocycles. The van der Waals surface area contributed by atoms with Gasteiger partial charge in [-0.25, -0.2) is 13.8 Å². The minimum absolute atomic E-state index is 0.0521. The van der Waals surface area contributed by atoms with Crippen LogP contribution in [0.4, 0.5) is 8.78 Å². The highest BCUT2D eigenvalue weighted by atomic mass is 19.1. The highest BCUT2D eigenvalue weighted by Gasteiger charge is 2.18. The molecule has 0 bridgehead atoms. The topological polar surface area (TPSA) is 92.5 Å². The van der Waals surface area contributed by atoms with E-state index in [0.29, 0.717) is 27.9 Å². The number of benzene rings is 2. The zero-order valence-corrected chi connectivity index (χ0v) is 21.8. The second-order valence-electron chi connectivity index (χ2n) is 8.93. The molecule has 202 valence electrons. The summed E-state index contributed by atoms with van der Waals surface area (Å²) in [5.74, 6) is -0.860. The standard InChI is InChI=1S/C30H23F2N3O5/c1-35-15-20(18-5-7-19(31)8-6-18)29(37)21(16-35)24(36)13-17-4-9-25(22(32)12-17)40-26-10-11-33-23-14-27(38-2)30(39-3)34-28(23)26/h4-12,14-16H,13H2,1-3H3. The van der Waals surface area contributed by atoms with Crippen molar-refractivity contribution in [2.45, 2.75) is 6.42 Å². The van der Waals surface area contributed by atoms with Gasteiger partial charge >= 0.3 is 0 Å². The number of fused-ring (bicyclic) bond motifs is 1. The van der Waals surface area contributed by atoms with Crippen LogP contribution in [-0.2, 0) is 13.5 Å². The molecule has 2 aromatic carbocycles. The van der Waals surface area contributed by atoms with Gasteiger partial charge in [-0.05, 0) is 35.4 Å². The van der Waals surface area contributed by atoms with E-state index in [1.807, 2.05) is 0 Å². The first kappa shape index (κ1) is 26.5. The number of hydrogen-bond acceptors (Lipinski definition) is 7. The summed E-state index contributed by atoms with van der Waals surface area (Å²) in [6.45, 7) is 0. The third-order valence-corrected chi connectivity index (χ3v) is 6.21. The van der Waals surface area contributed by atoms with Crippen molar-refractivity contribution >= 4 is 16.8 Å². The Kier molecular flexibility index (Phi) is 7.24. The molecule has 0 aliphatic carbocycles. The Morgan fingerprint density at radius 1 is 0.925 bits per heavy atom. The van der Waals surface area contributed by atoms with Crippen LogP contribution >= 0.6 is 0 Å². The Bertz CT molecular complexity index is 1800. The third kappa shape index (κ3) is 5.24. The molecule has 5 rings (SSSR count). The maximum atomic E-state index is 15.1. The molecule has 0 spiro atoms. The molecule has 5 aromatic rings. The summed E-state index contributed by atoms with van der Waals surface area (Å²) in [7, 11) is 4.61. The minimum Gasteiger partial charge on any atom is -0.491 e. The van der Waals surface area contributed by atoms with Crippen LogP contribution in [0.25, 0.3) is 22.2 Å². The molecule has 10 heteroatoms. The summed E-state index contributed by atoms with van der Waals surface area (Å²) in [5.41, 5.74) is 1.36. The molecule has 8 nitrogen and oxygen atoms in total. The van der Waals surface area contributed by atoms with Crippen LogP contribution in [0.5, 0.6) is 23.1 Å². The number of aryl methyl sites for hydroxylation is 1. The number of ketones is 1. The number of rotatable bonds is 8. The molecule has 0 saturated carbocycles. The van der Waals surface area contributed by atoms with E-state index in [1.54, 1.807) is 36.0 Å². The molecule has 0 unspecified atom stereocenters. The van der Waals surface area contributed by atoms with Crippen LogP contribution in [0.1, 0.15) is 15.9 Å². The highest BCUT2D eigenvalue weighted by Crippen LogP contribution is 2.34. The van der Waals surface area contributed by atoms with Crippen molar-refractivity contribution in [2.24, 2.45) is 7.05 Å². The Morgan fingerprint density at radius 3 is 2.40 bits per heavy atom. The predicted octanol–water partition coefficient (Wildman–Crippen LogP) is 5.51. The molecule has 0 N–H and O–H groups in total. The Morgan fingerprint density at radius 2 is 1.70 bits per heavy atom. The van der Waals surface area contributed by atoms with Gasteiger partial charge < -0.3 is 18.8 Å². The van der Waals surface area contributed by atoms with Crippen molar-refractivity contribution in [3.63, 3.8) is 0 Å². The van der Waals surface area contributed by atoms with E-state index in [2.05, 4.69) is 9.97 Å². The first-order chi connectivity index (χ1) is 19.3. The van der Waals surface area contributed by atoms with Crippen molar-refractivity contribution in [3.8, 4) is 34.3 Å². The lowest BCUT2D eigenvalue weighted by Crippen LogP contribution is -2.20. The number of aromatic nitrogens is 3. The van der Waals surface area contributed by atoms with Gasteiger partial charge in [-0.1, -0.05) is 18.2 Å². The first-order valence-electron chi connectivity index (χ1n) is 12.1. The molecular formula is C30H23F2N3O5. The monoisotopic (exact) mass is 543 g/mol. The number of pyridine rings is 3. The maximum Gasteiger partial charge on any atom is 0.257 e. The molecule has 0 radical (unpaired) electrons. The summed E-state index contributed by atoms with van der Waals surface area (Å²) in [6, 6.07) is 12.7. The van der Waals surface area contributed by atoms with E-state index in [1.165, 1.54) is 63.0 Å². The lowest BCUT2D eigenvalue weighted by atomic mass is 9.99. The molecule has 0 aliphatic heterocycles. The van der Waals surface area contributed by atoms with Gasteiger partial charge in [0.05, 0.1) is 25.3 Å². The van der Waals surface area contributed by atoms with Crippen LogP contribution in [0, 0.1) is 11.6 Å². The first-order valence-corrected chi connectivity index (χ1v) is 12.1. The largest absolute Gasteiger partial charge is 0.491 e. The normalized spacial score (nSPS) is 10.9. The number of methoxy groups -OCH3 is 2.